The number of hydrogen-bond donors (Lipinski definition) is 2. The first-order chi connectivity index (χ1) is 8.24. The van der Waals surface area contributed by atoms with Crippen molar-refractivity contribution in [3.8, 4) is 0 Å². The van der Waals surface area contributed by atoms with Crippen molar-refractivity contribution in [2.75, 3.05) is 17.2 Å². The molecule has 0 heterocycles. The first kappa shape index (κ1) is 12.0. The Kier molecular flexibility index (Phi) is 4.02. The van der Waals surface area contributed by atoms with E-state index in [2.05, 4.69) is 10.6 Å². The molecule has 17 heavy (non-hydrogen) atoms. The summed E-state index contributed by atoms with van der Waals surface area (Å²) in [6, 6.07) is 7.89. The molecule has 1 aliphatic carbocycles. The zero-order valence-electron chi connectivity index (χ0n) is 10.3. The van der Waals surface area contributed by atoms with Crippen LogP contribution in [-0.4, -0.2) is 12.5 Å². The molecule has 0 atom stereocenters. The number of carbonyl (C=O) groups excluding carboxylic acids is 1. The fourth-order valence-electron chi connectivity index (χ4n) is 2.39. The smallest absolute Gasteiger partial charge is 0.221 e. The number of hydrogen-bond acceptors (Lipinski definition) is 2. The van der Waals surface area contributed by atoms with Crippen LogP contribution in [-0.2, 0) is 4.79 Å². The van der Waals surface area contributed by atoms with Crippen molar-refractivity contribution in [2.45, 2.75) is 32.6 Å². The number of anilines is 2. The van der Waals surface area contributed by atoms with Crippen LogP contribution in [0.15, 0.2) is 24.3 Å². The molecule has 0 aliphatic heterocycles. The average molecular weight is 232 g/mol. The van der Waals surface area contributed by atoms with Gasteiger partial charge in [-0.15, -0.1) is 0 Å². The predicted octanol–water partition coefficient (Wildman–Crippen LogP) is 3.25. The molecule has 0 unspecified atom stereocenters. The molecule has 0 aromatic heterocycles. The number of nitrogens with one attached hydrogen (secondary N) is 2. The van der Waals surface area contributed by atoms with Gasteiger partial charge in [-0.05, 0) is 37.0 Å². The molecule has 92 valence electrons. The van der Waals surface area contributed by atoms with Crippen molar-refractivity contribution in [1.82, 2.24) is 0 Å². The van der Waals surface area contributed by atoms with Crippen molar-refractivity contribution in [3.05, 3.63) is 24.3 Å². The summed E-state index contributed by atoms with van der Waals surface area (Å²) in [5, 5.41) is 6.24. The Morgan fingerprint density at radius 1 is 1.29 bits per heavy atom. The van der Waals surface area contributed by atoms with E-state index < -0.39 is 0 Å². The summed E-state index contributed by atoms with van der Waals surface area (Å²) < 4.78 is 0. The van der Waals surface area contributed by atoms with Crippen LogP contribution in [0.3, 0.4) is 0 Å². The number of carbonyl (C=O) groups is 1. The standard InChI is InChI=1S/C14H20N2O/c1-11(17)16-14-8-4-7-13(9-14)15-10-12-5-2-3-6-12/h4,7-9,12,15H,2-3,5-6,10H2,1H3,(H,16,17). The lowest BCUT2D eigenvalue weighted by Gasteiger charge is -2.12. The Balaban J connectivity index is 1.88. The number of amides is 1. The lowest BCUT2D eigenvalue weighted by molar-refractivity contribution is -0.114. The highest BCUT2D eigenvalue weighted by atomic mass is 16.1. The van der Waals surface area contributed by atoms with Gasteiger partial charge in [0.05, 0.1) is 0 Å². The first-order valence-electron chi connectivity index (χ1n) is 6.35. The second-order valence-electron chi connectivity index (χ2n) is 4.79. The lowest BCUT2D eigenvalue weighted by atomic mass is 10.1. The van der Waals surface area contributed by atoms with Gasteiger partial charge in [0.1, 0.15) is 0 Å². The van der Waals surface area contributed by atoms with E-state index in [1.165, 1.54) is 32.6 Å². The molecule has 3 nitrogen and oxygen atoms in total. The summed E-state index contributed by atoms with van der Waals surface area (Å²) >= 11 is 0. The van der Waals surface area contributed by atoms with E-state index in [4.69, 9.17) is 0 Å². The minimum atomic E-state index is -0.0297. The van der Waals surface area contributed by atoms with Crippen LogP contribution in [0.2, 0.25) is 0 Å². The third-order valence-corrected chi connectivity index (χ3v) is 3.25. The van der Waals surface area contributed by atoms with E-state index >= 15 is 0 Å². The topological polar surface area (TPSA) is 41.1 Å². The van der Waals surface area contributed by atoms with Crippen molar-refractivity contribution >= 4 is 17.3 Å². The van der Waals surface area contributed by atoms with E-state index in [1.54, 1.807) is 0 Å². The van der Waals surface area contributed by atoms with Gasteiger partial charge >= 0.3 is 0 Å². The van der Waals surface area contributed by atoms with Gasteiger partial charge in [-0.3, -0.25) is 4.79 Å². The summed E-state index contributed by atoms with van der Waals surface area (Å²) in [5.41, 5.74) is 1.94. The second kappa shape index (κ2) is 5.71. The fraction of sp³-hybridized carbons (Fsp3) is 0.500. The van der Waals surface area contributed by atoms with Gasteiger partial charge in [-0.25, -0.2) is 0 Å². The predicted molar refractivity (Wildman–Crippen MR) is 71.2 cm³/mol. The highest BCUT2D eigenvalue weighted by Crippen LogP contribution is 2.25. The Morgan fingerprint density at radius 3 is 2.71 bits per heavy atom. The molecule has 0 spiro atoms. The molecule has 1 fully saturated rings. The van der Waals surface area contributed by atoms with Crippen LogP contribution in [0.25, 0.3) is 0 Å². The van der Waals surface area contributed by atoms with Crippen LogP contribution >= 0.6 is 0 Å². The van der Waals surface area contributed by atoms with E-state index in [0.717, 1.165) is 23.8 Å². The number of benzene rings is 1. The van der Waals surface area contributed by atoms with E-state index in [-0.39, 0.29) is 5.91 Å². The summed E-state index contributed by atoms with van der Waals surface area (Å²) in [4.78, 5) is 11.0. The van der Waals surface area contributed by atoms with Crippen LogP contribution in [0, 0.1) is 5.92 Å². The van der Waals surface area contributed by atoms with E-state index in [1.807, 2.05) is 24.3 Å². The average Bonchev–Trinajstić information content (AvgIpc) is 2.79. The first-order valence-corrected chi connectivity index (χ1v) is 6.35. The highest BCUT2D eigenvalue weighted by molar-refractivity contribution is 5.89. The van der Waals surface area contributed by atoms with Gasteiger partial charge in [0.15, 0.2) is 0 Å². The number of rotatable bonds is 4. The van der Waals surface area contributed by atoms with E-state index in [9.17, 15) is 4.79 Å². The van der Waals surface area contributed by atoms with Crippen LogP contribution < -0.4 is 10.6 Å². The maximum absolute atomic E-state index is 11.0. The molecule has 0 bridgehead atoms. The highest BCUT2D eigenvalue weighted by Gasteiger charge is 2.14. The molecule has 2 N–H and O–H groups in total. The molecule has 1 aromatic carbocycles. The van der Waals surface area contributed by atoms with Gasteiger partial charge in [0, 0.05) is 24.8 Å². The van der Waals surface area contributed by atoms with Crippen molar-refractivity contribution in [3.63, 3.8) is 0 Å². The van der Waals surface area contributed by atoms with Gasteiger partial charge in [-0.1, -0.05) is 18.9 Å². The maximum atomic E-state index is 11.0. The van der Waals surface area contributed by atoms with Gasteiger partial charge < -0.3 is 10.6 Å². The monoisotopic (exact) mass is 232 g/mol. The quantitative estimate of drug-likeness (QED) is 0.836. The van der Waals surface area contributed by atoms with Crippen molar-refractivity contribution in [1.29, 1.82) is 0 Å². The Labute approximate surface area is 103 Å². The van der Waals surface area contributed by atoms with Crippen molar-refractivity contribution in [2.24, 2.45) is 5.92 Å². The summed E-state index contributed by atoms with van der Waals surface area (Å²) in [6.45, 7) is 2.57. The molecule has 2 rings (SSSR count). The second-order valence-corrected chi connectivity index (χ2v) is 4.79. The summed E-state index contributed by atoms with van der Waals surface area (Å²) in [7, 11) is 0. The zero-order chi connectivity index (χ0) is 12.1. The van der Waals surface area contributed by atoms with Crippen molar-refractivity contribution < 1.29 is 4.79 Å². The molecule has 1 amide bonds. The molecule has 1 saturated carbocycles. The molecule has 1 aliphatic rings. The third-order valence-electron chi connectivity index (χ3n) is 3.25. The SMILES string of the molecule is CC(=O)Nc1cccc(NCC2CCCC2)c1. The molecule has 0 saturated heterocycles. The van der Waals surface area contributed by atoms with Crippen LogP contribution in [0.1, 0.15) is 32.6 Å². The van der Waals surface area contributed by atoms with Crippen LogP contribution in [0.5, 0.6) is 0 Å². The molecule has 1 aromatic rings. The normalized spacial score (nSPS) is 15.8. The van der Waals surface area contributed by atoms with E-state index in [0.29, 0.717) is 0 Å². The van der Waals surface area contributed by atoms with Gasteiger partial charge in [-0.2, -0.15) is 0 Å². The fourth-order valence-corrected chi connectivity index (χ4v) is 2.39. The Morgan fingerprint density at radius 2 is 2.00 bits per heavy atom. The minimum absolute atomic E-state index is 0.0297. The Hall–Kier alpha value is -1.51. The van der Waals surface area contributed by atoms with Crippen LogP contribution in [0.4, 0.5) is 11.4 Å². The minimum Gasteiger partial charge on any atom is -0.385 e. The Bertz CT molecular complexity index is 384. The molecule has 3 heteroatoms. The maximum Gasteiger partial charge on any atom is 0.221 e. The summed E-state index contributed by atoms with van der Waals surface area (Å²) in [5.74, 6) is 0.789. The molecular weight excluding hydrogens is 212 g/mol. The van der Waals surface area contributed by atoms with Gasteiger partial charge in [0.2, 0.25) is 5.91 Å². The largest absolute Gasteiger partial charge is 0.385 e. The summed E-state index contributed by atoms with van der Waals surface area (Å²) in [6.07, 6.45) is 5.44. The van der Waals surface area contributed by atoms with Gasteiger partial charge in [0.25, 0.3) is 0 Å². The lowest BCUT2D eigenvalue weighted by Crippen LogP contribution is -2.11. The molecular formula is C14H20N2O. The molecule has 0 radical (unpaired) electrons. The zero-order valence-corrected chi connectivity index (χ0v) is 10.3. The third kappa shape index (κ3) is 3.77.